The number of nitrogens with two attached hydrogens (primary N) is 1. The van der Waals surface area contributed by atoms with E-state index in [0.29, 0.717) is 5.75 Å². The maximum absolute atomic E-state index is 11.5. The van der Waals surface area contributed by atoms with Crippen molar-refractivity contribution in [2.75, 3.05) is 7.11 Å². The summed E-state index contributed by atoms with van der Waals surface area (Å²) in [7, 11) is -2.07. The first-order chi connectivity index (χ1) is 12.4. The van der Waals surface area contributed by atoms with Crippen LogP contribution in [0.4, 0.5) is 0 Å². The van der Waals surface area contributed by atoms with Gasteiger partial charge in [0.05, 0.1) is 23.9 Å². The Hall–Kier alpha value is -2.44. The Morgan fingerprint density at radius 1 is 1.04 bits per heavy atom. The van der Waals surface area contributed by atoms with Gasteiger partial charge in [-0.05, 0) is 48.2 Å². The number of rotatable bonds is 4. The molecule has 4 rings (SSSR count). The molecule has 0 unspecified atom stereocenters. The van der Waals surface area contributed by atoms with Crippen molar-refractivity contribution in [2.24, 2.45) is 10.6 Å². The SMILES string of the molecule is COc1ccc(C2=CC3(C=C2c2ccc(S(N)(=O)=O)cc2)CCC3)nc1. The fourth-order valence-corrected chi connectivity index (χ4v) is 4.10. The van der Waals surface area contributed by atoms with E-state index in [4.69, 9.17) is 9.88 Å². The second-order valence-electron chi connectivity index (χ2n) is 6.86. The summed E-state index contributed by atoms with van der Waals surface area (Å²) >= 11 is 0. The van der Waals surface area contributed by atoms with Crippen molar-refractivity contribution in [2.45, 2.75) is 24.2 Å². The second kappa shape index (κ2) is 6.07. The smallest absolute Gasteiger partial charge is 0.238 e. The minimum atomic E-state index is -3.69. The quantitative estimate of drug-likeness (QED) is 0.897. The average molecular weight is 368 g/mol. The number of aromatic nitrogens is 1. The van der Waals surface area contributed by atoms with Crippen LogP contribution in [0, 0.1) is 5.41 Å². The first-order valence-corrected chi connectivity index (χ1v) is 10.0. The summed E-state index contributed by atoms with van der Waals surface area (Å²) < 4.78 is 28.2. The lowest BCUT2D eigenvalue weighted by Gasteiger charge is -2.34. The zero-order valence-corrected chi connectivity index (χ0v) is 15.3. The molecular formula is C20H20N2O3S. The molecule has 1 heterocycles. The summed E-state index contributed by atoms with van der Waals surface area (Å²) in [6.45, 7) is 0. The molecule has 2 aliphatic rings. The van der Waals surface area contributed by atoms with E-state index in [1.165, 1.54) is 6.42 Å². The predicted molar refractivity (Wildman–Crippen MR) is 101 cm³/mol. The van der Waals surface area contributed by atoms with Gasteiger partial charge in [-0.25, -0.2) is 13.6 Å². The van der Waals surface area contributed by atoms with Crippen LogP contribution >= 0.6 is 0 Å². The molecule has 2 N–H and O–H groups in total. The normalized spacial score (nSPS) is 18.2. The number of primary sulfonamides is 1. The molecule has 1 aromatic carbocycles. The molecule has 6 heteroatoms. The number of allylic oxidation sites excluding steroid dienone is 4. The molecule has 1 spiro atoms. The summed E-state index contributed by atoms with van der Waals surface area (Å²) in [5.74, 6) is 0.716. The third-order valence-electron chi connectivity index (χ3n) is 5.18. The van der Waals surface area contributed by atoms with Gasteiger partial charge in [0.2, 0.25) is 10.0 Å². The summed E-state index contributed by atoms with van der Waals surface area (Å²) in [5, 5.41) is 5.20. The number of ether oxygens (including phenoxy) is 1. The van der Waals surface area contributed by atoms with E-state index in [2.05, 4.69) is 17.1 Å². The van der Waals surface area contributed by atoms with E-state index in [9.17, 15) is 8.42 Å². The van der Waals surface area contributed by atoms with Crippen molar-refractivity contribution in [1.82, 2.24) is 4.98 Å². The highest BCUT2D eigenvalue weighted by molar-refractivity contribution is 7.89. The Balaban J connectivity index is 1.75. The number of pyridine rings is 1. The molecule has 2 aromatic rings. The number of nitrogens with zero attached hydrogens (tertiary/aromatic N) is 1. The largest absolute Gasteiger partial charge is 0.495 e. The highest BCUT2D eigenvalue weighted by Crippen LogP contribution is 2.53. The molecule has 0 amide bonds. The highest BCUT2D eigenvalue weighted by Gasteiger charge is 2.38. The van der Waals surface area contributed by atoms with Gasteiger partial charge in [-0.2, -0.15) is 0 Å². The predicted octanol–water partition coefficient (Wildman–Crippen LogP) is 3.39. The summed E-state index contributed by atoms with van der Waals surface area (Å²) in [6.07, 6.45) is 9.78. The first-order valence-electron chi connectivity index (χ1n) is 8.50. The van der Waals surface area contributed by atoms with E-state index in [-0.39, 0.29) is 10.3 Å². The third-order valence-corrected chi connectivity index (χ3v) is 6.11. The second-order valence-corrected chi connectivity index (χ2v) is 8.42. The van der Waals surface area contributed by atoms with Crippen LogP contribution in [0.15, 0.2) is 59.6 Å². The van der Waals surface area contributed by atoms with Crippen LogP contribution in [0.5, 0.6) is 5.75 Å². The fraction of sp³-hybridized carbons (Fsp3) is 0.250. The molecule has 1 saturated carbocycles. The number of hydrogen-bond acceptors (Lipinski definition) is 4. The Morgan fingerprint density at radius 2 is 1.73 bits per heavy atom. The van der Waals surface area contributed by atoms with Crippen molar-refractivity contribution in [3.63, 3.8) is 0 Å². The van der Waals surface area contributed by atoms with Gasteiger partial charge in [0.1, 0.15) is 5.75 Å². The molecule has 134 valence electrons. The molecule has 0 atom stereocenters. The van der Waals surface area contributed by atoms with Gasteiger partial charge in [-0.1, -0.05) is 30.7 Å². The van der Waals surface area contributed by atoms with Crippen molar-refractivity contribution in [3.8, 4) is 5.75 Å². The molecule has 2 aliphatic carbocycles. The summed E-state index contributed by atoms with van der Waals surface area (Å²) in [4.78, 5) is 4.65. The Kier molecular flexibility index (Phi) is 3.97. The molecule has 0 aliphatic heterocycles. The van der Waals surface area contributed by atoms with Gasteiger partial charge < -0.3 is 4.74 Å². The number of sulfonamides is 1. The molecule has 1 fully saturated rings. The van der Waals surface area contributed by atoms with Crippen molar-refractivity contribution < 1.29 is 13.2 Å². The highest BCUT2D eigenvalue weighted by atomic mass is 32.2. The van der Waals surface area contributed by atoms with Gasteiger partial charge in [0.25, 0.3) is 0 Å². The van der Waals surface area contributed by atoms with Crippen LogP contribution < -0.4 is 9.88 Å². The van der Waals surface area contributed by atoms with Crippen molar-refractivity contribution in [1.29, 1.82) is 0 Å². The zero-order valence-electron chi connectivity index (χ0n) is 14.5. The fourth-order valence-electron chi connectivity index (χ4n) is 3.58. The van der Waals surface area contributed by atoms with Gasteiger partial charge in [-0.3, -0.25) is 4.98 Å². The molecular weight excluding hydrogens is 348 g/mol. The van der Waals surface area contributed by atoms with Gasteiger partial charge in [0, 0.05) is 11.0 Å². The van der Waals surface area contributed by atoms with Crippen LogP contribution in [-0.2, 0) is 10.0 Å². The van der Waals surface area contributed by atoms with Crippen LogP contribution in [0.3, 0.4) is 0 Å². The summed E-state index contributed by atoms with van der Waals surface area (Å²) in [5.41, 5.74) is 4.12. The van der Waals surface area contributed by atoms with Crippen LogP contribution in [0.25, 0.3) is 11.1 Å². The lowest BCUT2D eigenvalue weighted by molar-refractivity contribution is 0.282. The maximum atomic E-state index is 11.5. The molecule has 0 bridgehead atoms. The maximum Gasteiger partial charge on any atom is 0.238 e. The number of benzene rings is 1. The Bertz CT molecular complexity index is 1000. The Morgan fingerprint density at radius 3 is 2.23 bits per heavy atom. The van der Waals surface area contributed by atoms with E-state index >= 15 is 0 Å². The lowest BCUT2D eigenvalue weighted by Crippen LogP contribution is -2.22. The first kappa shape index (κ1) is 17.0. The van der Waals surface area contributed by atoms with E-state index < -0.39 is 10.0 Å². The molecule has 5 nitrogen and oxygen atoms in total. The molecule has 1 aromatic heterocycles. The van der Waals surface area contributed by atoms with Gasteiger partial charge in [0.15, 0.2) is 0 Å². The van der Waals surface area contributed by atoms with E-state index in [0.717, 1.165) is 35.2 Å². The molecule has 0 radical (unpaired) electrons. The minimum Gasteiger partial charge on any atom is -0.495 e. The van der Waals surface area contributed by atoms with Crippen molar-refractivity contribution in [3.05, 3.63) is 66.0 Å². The number of methoxy groups -OCH3 is 1. The standard InChI is InChI=1S/C20H20N2O3S/c1-25-15-5-8-19(22-13-15)18-12-20(9-2-10-20)11-17(18)14-3-6-16(7-4-14)26(21,23)24/h3-8,11-13H,2,9-10H2,1H3,(H2,21,23,24). The lowest BCUT2D eigenvalue weighted by atomic mass is 9.70. The van der Waals surface area contributed by atoms with Crippen LogP contribution in [0.2, 0.25) is 0 Å². The summed E-state index contributed by atoms with van der Waals surface area (Å²) in [6, 6.07) is 10.6. The van der Waals surface area contributed by atoms with Gasteiger partial charge in [-0.15, -0.1) is 0 Å². The topological polar surface area (TPSA) is 82.3 Å². The monoisotopic (exact) mass is 368 g/mol. The minimum absolute atomic E-state index is 0.102. The average Bonchev–Trinajstić information content (AvgIpc) is 3.03. The molecule has 26 heavy (non-hydrogen) atoms. The van der Waals surface area contributed by atoms with Crippen LogP contribution in [0.1, 0.15) is 30.5 Å². The van der Waals surface area contributed by atoms with E-state index in [1.807, 2.05) is 12.1 Å². The van der Waals surface area contributed by atoms with Gasteiger partial charge >= 0.3 is 0 Å². The van der Waals surface area contributed by atoms with Crippen molar-refractivity contribution >= 4 is 21.2 Å². The number of hydrogen-bond donors (Lipinski definition) is 1. The zero-order chi connectivity index (χ0) is 18.4. The van der Waals surface area contributed by atoms with E-state index in [1.54, 1.807) is 37.6 Å². The Labute approximate surface area is 153 Å². The molecule has 0 saturated heterocycles. The third kappa shape index (κ3) is 2.95. The van der Waals surface area contributed by atoms with Crippen LogP contribution in [-0.4, -0.2) is 20.5 Å².